The second-order valence-corrected chi connectivity index (χ2v) is 7.38. The average molecular weight is 389 g/mol. The van der Waals surface area contributed by atoms with Gasteiger partial charge in [-0.15, -0.1) is 11.3 Å². The third-order valence-electron chi connectivity index (χ3n) is 3.86. The van der Waals surface area contributed by atoms with Crippen LogP contribution in [0.5, 0.6) is 5.75 Å². The van der Waals surface area contributed by atoms with Crippen molar-refractivity contribution in [3.63, 3.8) is 0 Å². The quantitative estimate of drug-likeness (QED) is 0.657. The Morgan fingerprint density at radius 3 is 3.00 bits per heavy atom. The molecule has 1 aromatic heterocycles. The number of aryl methyl sites for hydroxylation is 1. The van der Waals surface area contributed by atoms with E-state index in [1.165, 1.54) is 23.3 Å². The van der Waals surface area contributed by atoms with Gasteiger partial charge in [-0.3, -0.25) is 0 Å². The molecule has 0 radical (unpaired) electrons. The average Bonchev–Trinajstić information content (AvgIpc) is 2.92. The van der Waals surface area contributed by atoms with Crippen molar-refractivity contribution in [3.05, 3.63) is 44.2 Å². The van der Waals surface area contributed by atoms with Gasteiger partial charge >= 0.3 is 0 Å². The van der Waals surface area contributed by atoms with Gasteiger partial charge in [0.25, 0.3) is 0 Å². The van der Waals surface area contributed by atoms with Gasteiger partial charge in [-0.25, -0.2) is 4.99 Å². The summed E-state index contributed by atoms with van der Waals surface area (Å²) >= 11 is 5.14. The van der Waals surface area contributed by atoms with Crippen molar-refractivity contribution in [2.24, 2.45) is 4.99 Å². The lowest BCUT2D eigenvalue weighted by molar-refractivity contribution is 0.339. The zero-order chi connectivity index (χ0) is 16.2. The Bertz CT molecular complexity index is 789. The summed E-state index contributed by atoms with van der Waals surface area (Å²) in [7, 11) is 0. The number of halogens is 1. The minimum Gasteiger partial charge on any atom is -0.493 e. The molecule has 118 valence electrons. The normalized spacial score (nSPS) is 13.8. The van der Waals surface area contributed by atoms with Gasteiger partial charge in [0.05, 0.1) is 12.2 Å². The highest BCUT2D eigenvalue weighted by Crippen LogP contribution is 2.39. The van der Waals surface area contributed by atoms with Crippen molar-refractivity contribution in [1.29, 1.82) is 5.26 Å². The highest BCUT2D eigenvalue weighted by molar-refractivity contribution is 9.10. The summed E-state index contributed by atoms with van der Waals surface area (Å²) in [4.78, 5) is 5.94. The molecule has 1 aliphatic carbocycles. The molecule has 0 fully saturated rings. The number of hydrogen-bond acceptors (Lipinski definition) is 4. The predicted octanol–water partition coefficient (Wildman–Crippen LogP) is 5.41. The Morgan fingerprint density at radius 2 is 2.22 bits per heavy atom. The van der Waals surface area contributed by atoms with Crippen molar-refractivity contribution in [1.82, 2.24) is 0 Å². The van der Waals surface area contributed by atoms with Crippen LogP contribution in [0, 0.1) is 11.3 Å². The molecule has 0 spiro atoms. The summed E-state index contributed by atoms with van der Waals surface area (Å²) in [5.41, 5.74) is 2.89. The molecule has 23 heavy (non-hydrogen) atoms. The van der Waals surface area contributed by atoms with Crippen molar-refractivity contribution in [2.45, 2.75) is 32.6 Å². The lowest BCUT2D eigenvalue weighted by Gasteiger charge is -2.09. The maximum absolute atomic E-state index is 9.49. The fourth-order valence-electron chi connectivity index (χ4n) is 2.79. The number of hydrogen-bond donors (Lipinski definition) is 0. The van der Waals surface area contributed by atoms with Crippen LogP contribution in [-0.4, -0.2) is 12.8 Å². The molecule has 0 saturated carbocycles. The summed E-state index contributed by atoms with van der Waals surface area (Å²) in [6, 6.07) is 8.21. The molecule has 1 heterocycles. The summed E-state index contributed by atoms with van der Waals surface area (Å²) in [5.74, 6) is 0.805. The first-order chi connectivity index (χ1) is 11.2. The summed E-state index contributed by atoms with van der Waals surface area (Å²) in [5, 5.41) is 10.3. The van der Waals surface area contributed by atoms with E-state index in [4.69, 9.17) is 4.74 Å². The molecule has 0 aliphatic heterocycles. The van der Waals surface area contributed by atoms with E-state index in [0.717, 1.165) is 39.2 Å². The highest BCUT2D eigenvalue weighted by Gasteiger charge is 2.20. The predicted molar refractivity (Wildman–Crippen MR) is 98.2 cm³/mol. The number of fused-ring (bicyclic) bond motifs is 1. The van der Waals surface area contributed by atoms with E-state index in [-0.39, 0.29) is 0 Å². The molecule has 0 bridgehead atoms. The smallest absolute Gasteiger partial charge is 0.134 e. The standard InChI is InChI=1S/C18H17BrN2OS/c1-2-22-16-8-7-13(19)9-12(16)11-21-18-15(10-20)14-5-3-4-6-17(14)23-18/h7-9,11H,2-6H2,1H3. The number of nitriles is 1. The maximum atomic E-state index is 9.49. The topological polar surface area (TPSA) is 45.4 Å². The SMILES string of the molecule is CCOc1ccc(Br)cc1C=Nc1sc2c(c1C#N)CCCC2. The zero-order valence-corrected chi connectivity index (χ0v) is 15.3. The lowest BCUT2D eigenvalue weighted by atomic mass is 9.96. The van der Waals surface area contributed by atoms with Gasteiger partial charge in [-0.05, 0) is 56.4 Å². The number of aliphatic imine (C=N–C) groups is 1. The molecule has 5 heteroatoms. The Morgan fingerprint density at radius 1 is 1.39 bits per heavy atom. The fourth-order valence-corrected chi connectivity index (χ4v) is 4.36. The molecule has 0 saturated heterocycles. The monoisotopic (exact) mass is 388 g/mol. The summed E-state index contributed by atoms with van der Waals surface area (Å²) in [6.07, 6.45) is 6.26. The van der Waals surface area contributed by atoms with Crippen LogP contribution in [0.2, 0.25) is 0 Å². The van der Waals surface area contributed by atoms with Crippen LogP contribution in [0.15, 0.2) is 27.7 Å². The summed E-state index contributed by atoms with van der Waals surface area (Å²) in [6.45, 7) is 2.57. The van der Waals surface area contributed by atoms with E-state index in [2.05, 4.69) is 27.0 Å². The Labute approximate surface area is 148 Å². The number of benzene rings is 1. The molecular formula is C18H17BrN2OS. The zero-order valence-electron chi connectivity index (χ0n) is 12.9. The van der Waals surface area contributed by atoms with Gasteiger partial charge in [0, 0.05) is 21.1 Å². The molecule has 2 aromatic rings. The third kappa shape index (κ3) is 3.49. The van der Waals surface area contributed by atoms with Gasteiger partial charge in [0.2, 0.25) is 0 Å². The maximum Gasteiger partial charge on any atom is 0.134 e. The fraction of sp³-hybridized carbons (Fsp3) is 0.333. The molecule has 0 atom stereocenters. The Balaban J connectivity index is 1.96. The van der Waals surface area contributed by atoms with E-state index in [0.29, 0.717) is 6.61 Å². The van der Waals surface area contributed by atoms with Gasteiger partial charge in [0.15, 0.2) is 0 Å². The number of nitrogens with zero attached hydrogens (tertiary/aromatic N) is 2. The van der Waals surface area contributed by atoms with E-state index < -0.39 is 0 Å². The Hall–Kier alpha value is -1.64. The van der Waals surface area contributed by atoms with Crippen molar-refractivity contribution in [3.8, 4) is 11.8 Å². The number of thiophene rings is 1. The van der Waals surface area contributed by atoms with E-state index in [9.17, 15) is 5.26 Å². The van der Waals surface area contributed by atoms with Crippen LogP contribution in [0.3, 0.4) is 0 Å². The van der Waals surface area contributed by atoms with Crippen LogP contribution in [0.1, 0.15) is 41.3 Å². The Kier molecular flexibility index (Phi) is 5.14. The number of rotatable bonds is 4. The van der Waals surface area contributed by atoms with Crippen LogP contribution >= 0.6 is 27.3 Å². The molecular weight excluding hydrogens is 372 g/mol. The van der Waals surface area contributed by atoms with Gasteiger partial charge in [-0.1, -0.05) is 15.9 Å². The second-order valence-electron chi connectivity index (χ2n) is 5.38. The van der Waals surface area contributed by atoms with Crippen molar-refractivity contribution in [2.75, 3.05) is 6.61 Å². The molecule has 3 nitrogen and oxygen atoms in total. The van der Waals surface area contributed by atoms with Crippen LogP contribution in [-0.2, 0) is 12.8 Å². The molecule has 1 aliphatic rings. The second kappa shape index (κ2) is 7.29. The van der Waals surface area contributed by atoms with Gasteiger partial charge in [0.1, 0.15) is 16.8 Å². The molecule has 3 rings (SSSR count). The number of ether oxygens (including phenoxy) is 1. The van der Waals surface area contributed by atoms with E-state index in [1.807, 2.05) is 25.1 Å². The van der Waals surface area contributed by atoms with Crippen LogP contribution in [0.4, 0.5) is 5.00 Å². The van der Waals surface area contributed by atoms with E-state index >= 15 is 0 Å². The van der Waals surface area contributed by atoms with Crippen molar-refractivity contribution < 1.29 is 4.74 Å². The molecule has 1 aromatic carbocycles. The molecule has 0 amide bonds. The third-order valence-corrected chi connectivity index (χ3v) is 5.55. The molecule has 0 N–H and O–H groups in total. The van der Waals surface area contributed by atoms with Crippen LogP contribution < -0.4 is 4.74 Å². The minimum absolute atomic E-state index is 0.610. The minimum atomic E-state index is 0.610. The lowest BCUT2D eigenvalue weighted by Crippen LogP contribution is -1.99. The van der Waals surface area contributed by atoms with Crippen LogP contribution in [0.25, 0.3) is 0 Å². The first kappa shape index (κ1) is 16.2. The van der Waals surface area contributed by atoms with Gasteiger partial charge in [-0.2, -0.15) is 5.26 Å². The first-order valence-electron chi connectivity index (χ1n) is 7.74. The first-order valence-corrected chi connectivity index (χ1v) is 9.35. The highest BCUT2D eigenvalue weighted by atomic mass is 79.9. The van der Waals surface area contributed by atoms with Crippen molar-refractivity contribution >= 4 is 38.5 Å². The largest absolute Gasteiger partial charge is 0.493 e. The summed E-state index contributed by atoms with van der Waals surface area (Å²) < 4.78 is 6.62. The molecule has 0 unspecified atom stereocenters. The van der Waals surface area contributed by atoms with E-state index in [1.54, 1.807) is 17.6 Å². The van der Waals surface area contributed by atoms with Gasteiger partial charge < -0.3 is 4.74 Å².